The lowest BCUT2D eigenvalue weighted by Crippen LogP contribution is -2.25. The Balaban J connectivity index is 2.83. The third-order valence-electron chi connectivity index (χ3n) is 2.89. The van der Waals surface area contributed by atoms with Crippen molar-refractivity contribution in [3.05, 3.63) is 29.3 Å². The van der Waals surface area contributed by atoms with Crippen molar-refractivity contribution in [3.63, 3.8) is 0 Å². The fraction of sp³-hybridized carbons (Fsp3) is 0.571. The maximum absolute atomic E-state index is 11.6. The molecule has 0 radical (unpaired) electrons. The molecule has 0 saturated carbocycles. The molecule has 0 amide bonds. The summed E-state index contributed by atoms with van der Waals surface area (Å²) in [5, 5.41) is 0. The number of methoxy groups -OCH3 is 1. The van der Waals surface area contributed by atoms with E-state index in [4.69, 9.17) is 4.74 Å². The van der Waals surface area contributed by atoms with Crippen LogP contribution in [0.15, 0.2) is 18.2 Å². The van der Waals surface area contributed by atoms with Crippen molar-refractivity contribution in [2.24, 2.45) is 0 Å². The fourth-order valence-electron chi connectivity index (χ4n) is 1.88. The second-order valence-corrected chi connectivity index (χ2v) is 6.80. The largest absolute Gasteiger partial charge is 0.496 e. The summed E-state index contributed by atoms with van der Waals surface area (Å²) in [7, 11) is -1.52. The van der Waals surface area contributed by atoms with E-state index in [1.54, 1.807) is 7.11 Å². The van der Waals surface area contributed by atoms with Crippen LogP contribution >= 0.6 is 0 Å². The maximum atomic E-state index is 11.6. The van der Waals surface area contributed by atoms with Crippen LogP contribution in [0.2, 0.25) is 0 Å². The standard InChI is InChI=1S/C14H23NO3S/c1-5-8-19(16,17)15-10-12-6-7-14(18-4)13(9-12)11(2)3/h6-7,9,11,15H,5,8,10H2,1-4H3. The molecule has 1 aromatic carbocycles. The highest BCUT2D eigenvalue weighted by Crippen LogP contribution is 2.27. The van der Waals surface area contributed by atoms with Crippen molar-refractivity contribution >= 4 is 10.0 Å². The van der Waals surface area contributed by atoms with E-state index in [0.29, 0.717) is 18.9 Å². The van der Waals surface area contributed by atoms with Gasteiger partial charge in [0.15, 0.2) is 0 Å². The molecule has 0 saturated heterocycles. The lowest BCUT2D eigenvalue weighted by Gasteiger charge is -2.14. The third kappa shape index (κ3) is 4.84. The Morgan fingerprint density at radius 3 is 2.53 bits per heavy atom. The smallest absolute Gasteiger partial charge is 0.211 e. The van der Waals surface area contributed by atoms with Crippen molar-refractivity contribution in [3.8, 4) is 5.75 Å². The van der Waals surface area contributed by atoms with Gasteiger partial charge in [-0.25, -0.2) is 13.1 Å². The SMILES string of the molecule is CCCS(=O)(=O)NCc1ccc(OC)c(C(C)C)c1. The normalized spacial score (nSPS) is 11.8. The number of rotatable bonds is 7. The van der Waals surface area contributed by atoms with Crippen molar-refractivity contribution in [2.45, 2.75) is 39.7 Å². The number of sulfonamides is 1. The molecule has 1 aromatic rings. The Kier molecular flexibility index (Phi) is 5.82. The van der Waals surface area contributed by atoms with E-state index < -0.39 is 10.0 Å². The molecule has 0 aliphatic carbocycles. The molecular weight excluding hydrogens is 262 g/mol. The quantitative estimate of drug-likeness (QED) is 0.838. The fourth-order valence-corrected chi connectivity index (χ4v) is 2.95. The second-order valence-electron chi connectivity index (χ2n) is 4.87. The summed E-state index contributed by atoms with van der Waals surface area (Å²) in [6, 6.07) is 5.77. The van der Waals surface area contributed by atoms with E-state index in [9.17, 15) is 8.42 Å². The van der Waals surface area contributed by atoms with Crippen LogP contribution in [-0.2, 0) is 16.6 Å². The van der Waals surface area contributed by atoms with Crippen molar-refractivity contribution in [1.82, 2.24) is 4.72 Å². The molecule has 1 rings (SSSR count). The Bertz CT molecular complexity index is 509. The van der Waals surface area contributed by atoms with Crippen molar-refractivity contribution in [2.75, 3.05) is 12.9 Å². The highest BCUT2D eigenvalue weighted by molar-refractivity contribution is 7.89. The highest BCUT2D eigenvalue weighted by Gasteiger charge is 2.11. The molecule has 19 heavy (non-hydrogen) atoms. The molecule has 0 atom stereocenters. The highest BCUT2D eigenvalue weighted by atomic mass is 32.2. The number of hydrogen-bond donors (Lipinski definition) is 1. The van der Waals surface area contributed by atoms with Gasteiger partial charge in [-0.2, -0.15) is 0 Å². The topological polar surface area (TPSA) is 55.4 Å². The predicted molar refractivity (Wildman–Crippen MR) is 78.0 cm³/mol. The van der Waals surface area contributed by atoms with Gasteiger partial charge in [0.2, 0.25) is 10.0 Å². The number of benzene rings is 1. The zero-order chi connectivity index (χ0) is 14.5. The van der Waals surface area contributed by atoms with Crippen LogP contribution in [0.25, 0.3) is 0 Å². The molecule has 108 valence electrons. The lowest BCUT2D eigenvalue weighted by atomic mass is 9.99. The van der Waals surface area contributed by atoms with Gasteiger partial charge in [0.25, 0.3) is 0 Å². The minimum atomic E-state index is -3.16. The minimum Gasteiger partial charge on any atom is -0.496 e. The molecular formula is C14H23NO3S. The van der Waals surface area contributed by atoms with Crippen LogP contribution in [0.4, 0.5) is 0 Å². The van der Waals surface area contributed by atoms with E-state index in [1.807, 2.05) is 25.1 Å². The Hall–Kier alpha value is -1.07. The molecule has 0 bridgehead atoms. The molecule has 5 heteroatoms. The summed E-state index contributed by atoms with van der Waals surface area (Å²) in [5.74, 6) is 1.34. The maximum Gasteiger partial charge on any atom is 0.211 e. The average Bonchev–Trinajstić information content (AvgIpc) is 2.36. The Morgan fingerprint density at radius 2 is 2.00 bits per heavy atom. The molecule has 0 unspecified atom stereocenters. The second kappa shape index (κ2) is 6.91. The molecule has 0 heterocycles. The van der Waals surface area contributed by atoms with Crippen LogP contribution in [0.3, 0.4) is 0 Å². The summed E-state index contributed by atoms with van der Waals surface area (Å²) in [4.78, 5) is 0. The lowest BCUT2D eigenvalue weighted by molar-refractivity contribution is 0.407. The van der Waals surface area contributed by atoms with Crippen LogP contribution in [0, 0.1) is 0 Å². The van der Waals surface area contributed by atoms with Gasteiger partial charge in [0.05, 0.1) is 12.9 Å². The van der Waals surface area contributed by atoms with E-state index in [1.165, 1.54) is 0 Å². The van der Waals surface area contributed by atoms with E-state index in [-0.39, 0.29) is 5.75 Å². The summed E-state index contributed by atoms with van der Waals surface area (Å²) >= 11 is 0. The summed E-state index contributed by atoms with van der Waals surface area (Å²) < 4.78 is 31.1. The van der Waals surface area contributed by atoms with Gasteiger partial charge in [-0.05, 0) is 29.5 Å². The summed E-state index contributed by atoms with van der Waals surface area (Å²) in [6.07, 6.45) is 0.620. The molecule has 0 fully saturated rings. The van der Waals surface area contributed by atoms with Crippen molar-refractivity contribution < 1.29 is 13.2 Å². The molecule has 1 N–H and O–H groups in total. The van der Waals surface area contributed by atoms with Crippen LogP contribution < -0.4 is 9.46 Å². The van der Waals surface area contributed by atoms with Gasteiger partial charge in [-0.3, -0.25) is 0 Å². The van der Waals surface area contributed by atoms with E-state index >= 15 is 0 Å². The Labute approximate surface area is 116 Å². The Morgan fingerprint density at radius 1 is 1.32 bits per heavy atom. The molecule has 4 nitrogen and oxygen atoms in total. The number of hydrogen-bond acceptors (Lipinski definition) is 3. The molecule has 0 spiro atoms. The summed E-state index contributed by atoms with van der Waals surface area (Å²) in [5.41, 5.74) is 2.04. The van der Waals surface area contributed by atoms with Crippen LogP contribution in [-0.4, -0.2) is 21.3 Å². The van der Waals surface area contributed by atoms with Gasteiger partial charge in [0.1, 0.15) is 5.75 Å². The van der Waals surface area contributed by atoms with E-state index in [2.05, 4.69) is 18.6 Å². The number of nitrogens with one attached hydrogen (secondary N) is 1. The van der Waals surface area contributed by atoms with Crippen molar-refractivity contribution in [1.29, 1.82) is 0 Å². The molecule has 0 aliphatic rings. The van der Waals surface area contributed by atoms with Gasteiger partial charge in [0, 0.05) is 6.54 Å². The zero-order valence-electron chi connectivity index (χ0n) is 12.1. The first-order valence-corrected chi connectivity index (χ1v) is 8.19. The average molecular weight is 285 g/mol. The van der Waals surface area contributed by atoms with Gasteiger partial charge >= 0.3 is 0 Å². The van der Waals surface area contributed by atoms with Gasteiger partial charge in [-0.15, -0.1) is 0 Å². The first-order chi connectivity index (χ1) is 8.89. The zero-order valence-corrected chi connectivity index (χ0v) is 12.9. The van der Waals surface area contributed by atoms with Gasteiger partial charge < -0.3 is 4.74 Å². The van der Waals surface area contributed by atoms with Crippen LogP contribution in [0.1, 0.15) is 44.2 Å². The predicted octanol–water partition coefficient (Wildman–Crippen LogP) is 2.65. The summed E-state index contributed by atoms with van der Waals surface area (Å²) in [6.45, 7) is 6.35. The van der Waals surface area contributed by atoms with Crippen LogP contribution in [0.5, 0.6) is 5.75 Å². The first-order valence-electron chi connectivity index (χ1n) is 6.53. The number of ether oxygens (including phenoxy) is 1. The first kappa shape index (κ1) is 16.0. The minimum absolute atomic E-state index is 0.167. The monoisotopic (exact) mass is 285 g/mol. The van der Waals surface area contributed by atoms with E-state index in [0.717, 1.165) is 16.9 Å². The third-order valence-corrected chi connectivity index (χ3v) is 4.42. The molecule has 0 aromatic heterocycles. The van der Waals surface area contributed by atoms with Gasteiger partial charge in [-0.1, -0.05) is 32.9 Å². The molecule has 0 aliphatic heterocycles.